The summed E-state index contributed by atoms with van der Waals surface area (Å²) >= 11 is 1.43. The van der Waals surface area contributed by atoms with Crippen LogP contribution in [0.15, 0.2) is 54.7 Å². The van der Waals surface area contributed by atoms with E-state index in [2.05, 4.69) is 9.97 Å². The van der Waals surface area contributed by atoms with Gasteiger partial charge in [-0.2, -0.15) is 0 Å². The van der Waals surface area contributed by atoms with Crippen molar-refractivity contribution in [3.05, 3.63) is 54.7 Å². The minimum Gasteiger partial charge on any atom is -0.497 e. The van der Waals surface area contributed by atoms with Crippen LogP contribution in [-0.2, 0) is 0 Å². The van der Waals surface area contributed by atoms with Crippen LogP contribution in [0.4, 0.5) is 5.13 Å². The number of anilines is 1. The molecule has 24 heavy (non-hydrogen) atoms. The van der Waals surface area contributed by atoms with Crippen molar-refractivity contribution in [3.63, 3.8) is 0 Å². The Balaban J connectivity index is 1.88. The van der Waals surface area contributed by atoms with E-state index in [4.69, 9.17) is 15.5 Å². The van der Waals surface area contributed by atoms with E-state index in [-0.39, 0.29) is 0 Å². The summed E-state index contributed by atoms with van der Waals surface area (Å²) in [5.41, 5.74) is 10.3. The quantitative estimate of drug-likeness (QED) is 0.613. The van der Waals surface area contributed by atoms with Crippen LogP contribution in [0.3, 0.4) is 0 Å². The number of hydrogen-bond acceptors (Lipinski definition) is 6. The van der Waals surface area contributed by atoms with Crippen molar-refractivity contribution in [1.29, 1.82) is 0 Å². The lowest BCUT2D eigenvalue weighted by Crippen LogP contribution is -1.89. The van der Waals surface area contributed by atoms with Gasteiger partial charge in [0, 0.05) is 11.8 Å². The highest BCUT2D eigenvalue weighted by molar-refractivity contribution is 7.19. The third-order valence-electron chi connectivity index (χ3n) is 3.68. The molecule has 3 heterocycles. The fourth-order valence-electron chi connectivity index (χ4n) is 2.56. The molecule has 0 saturated carbocycles. The number of fused-ring (bicyclic) bond motifs is 1. The normalized spacial score (nSPS) is 10.9. The van der Waals surface area contributed by atoms with Crippen molar-refractivity contribution >= 4 is 27.5 Å². The maximum absolute atomic E-state index is 5.97. The van der Waals surface area contributed by atoms with Gasteiger partial charge in [0.25, 0.3) is 0 Å². The zero-order valence-corrected chi connectivity index (χ0v) is 13.7. The van der Waals surface area contributed by atoms with E-state index in [0.717, 1.165) is 38.6 Å². The molecule has 0 bridgehead atoms. The second kappa shape index (κ2) is 5.90. The van der Waals surface area contributed by atoms with Gasteiger partial charge in [-0.1, -0.05) is 23.5 Å². The van der Waals surface area contributed by atoms with Gasteiger partial charge in [-0.05, 0) is 36.4 Å². The van der Waals surface area contributed by atoms with Crippen LogP contribution in [0, 0.1) is 0 Å². The summed E-state index contributed by atoms with van der Waals surface area (Å²) in [5.74, 6) is 0.778. The summed E-state index contributed by atoms with van der Waals surface area (Å²) < 4.78 is 5.31. The number of ether oxygens (including phenoxy) is 1. The van der Waals surface area contributed by atoms with Gasteiger partial charge in [0.2, 0.25) is 0 Å². The van der Waals surface area contributed by atoms with Crippen molar-refractivity contribution in [2.45, 2.75) is 0 Å². The molecular weight excluding hydrogens is 320 g/mol. The van der Waals surface area contributed by atoms with Crippen LogP contribution < -0.4 is 10.5 Å². The van der Waals surface area contributed by atoms with Crippen molar-refractivity contribution < 1.29 is 4.74 Å². The first-order valence-corrected chi connectivity index (χ1v) is 8.19. The summed E-state index contributed by atoms with van der Waals surface area (Å²) in [6.45, 7) is 0. The Morgan fingerprint density at radius 1 is 1.00 bits per heavy atom. The number of aromatic nitrogens is 3. The zero-order valence-electron chi connectivity index (χ0n) is 12.9. The first-order valence-electron chi connectivity index (χ1n) is 7.37. The van der Waals surface area contributed by atoms with Gasteiger partial charge in [0.1, 0.15) is 5.75 Å². The van der Waals surface area contributed by atoms with E-state index in [1.807, 2.05) is 48.5 Å². The summed E-state index contributed by atoms with van der Waals surface area (Å²) in [6, 6.07) is 15.5. The van der Waals surface area contributed by atoms with Crippen molar-refractivity contribution in [2.24, 2.45) is 0 Å². The fraction of sp³-hybridized carbons (Fsp3) is 0.0556. The molecule has 0 spiro atoms. The molecule has 0 aliphatic carbocycles. The SMILES string of the molecule is COc1cccc(-c2nc(N)sc2-c2ccc3ncccc3n2)c1. The van der Waals surface area contributed by atoms with E-state index in [0.29, 0.717) is 5.13 Å². The molecule has 6 heteroatoms. The molecular formula is C18H14N4OS. The molecule has 1 aromatic carbocycles. The minimum absolute atomic E-state index is 0.510. The van der Waals surface area contributed by atoms with E-state index in [9.17, 15) is 0 Å². The van der Waals surface area contributed by atoms with Gasteiger partial charge in [0.05, 0.1) is 34.4 Å². The van der Waals surface area contributed by atoms with Gasteiger partial charge in [-0.3, -0.25) is 4.98 Å². The van der Waals surface area contributed by atoms with Crippen LogP contribution in [-0.4, -0.2) is 22.1 Å². The molecule has 0 aliphatic heterocycles. The zero-order chi connectivity index (χ0) is 16.5. The molecule has 0 aliphatic rings. The third kappa shape index (κ3) is 2.57. The summed E-state index contributed by atoms with van der Waals surface area (Å²) in [4.78, 5) is 14.5. The van der Waals surface area contributed by atoms with Gasteiger partial charge in [-0.25, -0.2) is 9.97 Å². The highest BCUT2D eigenvalue weighted by Gasteiger charge is 2.16. The topological polar surface area (TPSA) is 73.9 Å². The predicted octanol–water partition coefficient (Wildman–Crippen LogP) is 4.01. The molecule has 5 nitrogen and oxygen atoms in total. The molecule has 0 saturated heterocycles. The lowest BCUT2D eigenvalue weighted by atomic mass is 10.1. The highest BCUT2D eigenvalue weighted by atomic mass is 32.1. The summed E-state index contributed by atoms with van der Waals surface area (Å²) in [6.07, 6.45) is 1.76. The molecule has 4 rings (SSSR count). The molecule has 0 atom stereocenters. The molecule has 3 aromatic heterocycles. The van der Waals surface area contributed by atoms with Gasteiger partial charge in [-0.15, -0.1) is 0 Å². The van der Waals surface area contributed by atoms with Crippen LogP contribution in [0.1, 0.15) is 0 Å². The van der Waals surface area contributed by atoms with E-state index in [1.165, 1.54) is 11.3 Å². The van der Waals surface area contributed by atoms with E-state index < -0.39 is 0 Å². The number of benzene rings is 1. The lowest BCUT2D eigenvalue weighted by molar-refractivity contribution is 0.415. The Hall–Kier alpha value is -2.99. The summed E-state index contributed by atoms with van der Waals surface area (Å²) in [5, 5.41) is 0.510. The van der Waals surface area contributed by atoms with Crippen molar-refractivity contribution in [2.75, 3.05) is 12.8 Å². The Labute approximate surface area is 142 Å². The van der Waals surface area contributed by atoms with Crippen LogP contribution in [0.2, 0.25) is 0 Å². The third-order valence-corrected chi connectivity index (χ3v) is 4.58. The van der Waals surface area contributed by atoms with Crippen LogP contribution >= 0.6 is 11.3 Å². The lowest BCUT2D eigenvalue weighted by Gasteiger charge is -2.05. The number of nitrogen functional groups attached to an aromatic ring is 1. The average molecular weight is 334 g/mol. The van der Waals surface area contributed by atoms with Crippen molar-refractivity contribution in [3.8, 4) is 27.6 Å². The summed E-state index contributed by atoms with van der Waals surface area (Å²) in [7, 11) is 1.65. The van der Waals surface area contributed by atoms with Gasteiger partial charge >= 0.3 is 0 Å². The Morgan fingerprint density at radius 3 is 2.79 bits per heavy atom. The largest absolute Gasteiger partial charge is 0.497 e. The number of rotatable bonds is 3. The molecule has 0 fully saturated rings. The van der Waals surface area contributed by atoms with Gasteiger partial charge in [0.15, 0.2) is 5.13 Å². The van der Waals surface area contributed by atoms with E-state index >= 15 is 0 Å². The number of nitrogens with zero attached hydrogens (tertiary/aromatic N) is 3. The molecule has 0 unspecified atom stereocenters. The minimum atomic E-state index is 0.510. The molecule has 2 N–H and O–H groups in total. The van der Waals surface area contributed by atoms with Crippen LogP contribution in [0.5, 0.6) is 5.75 Å². The number of methoxy groups -OCH3 is 1. The Morgan fingerprint density at radius 2 is 1.92 bits per heavy atom. The maximum atomic E-state index is 5.97. The number of hydrogen-bond donors (Lipinski definition) is 1. The number of thiazole rings is 1. The van der Waals surface area contributed by atoms with Gasteiger partial charge < -0.3 is 10.5 Å². The highest BCUT2D eigenvalue weighted by Crippen LogP contribution is 2.38. The first-order chi connectivity index (χ1) is 11.7. The second-order valence-electron chi connectivity index (χ2n) is 5.20. The van der Waals surface area contributed by atoms with Crippen LogP contribution in [0.25, 0.3) is 32.9 Å². The Bertz CT molecular complexity index is 1030. The van der Waals surface area contributed by atoms with Crippen molar-refractivity contribution in [1.82, 2.24) is 15.0 Å². The smallest absolute Gasteiger partial charge is 0.181 e. The predicted molar refractivity (Wildman–Crippen MR) is 97.0 cm³/mol. The fourth-order valence-corrected chi connectivity index (χ4v) is 3.38. The number of pyridine rings is 2. The average Bonchev–Trinajstić information content (AvgIpc) is 3.03. The van der Waals surface area contributed by atoms with E-state index in [1.54, 1.807) is 13.3 Å². The standard InChI is InChI=1S/C18H14N4OS/c1-23-12-5-2-4-11(10-12)16-17(24-18(19)22-16)15-8-7-13-14(21-15)6-3-9-20-13/h2-10H,1H3,(H2,19,22). The maximum Gasteiger partial charge on any atom is 0.181 e. The molecule has 0 amide bonds. The monoisotopic (exact) mass is 334 g/mol. The molecule has 118 valence electrons. The molecule has 0 radical (unpaired) electrons. The second-order valence-corrected chi connectivity index (χ2v) is 6.23. The number of nitrogens with two attached hydrogens (primary N) is 1. The first kappa shape index (κ1) is 14.6. The molecule has 4 aromatic rings. The Kier molecular flexibility index (Phi) is 3.59.